The molecular formula is C19H16O2. The van der Waals surface area contributed by atoms with Gasteiger partial charge >= 0.3 is 0 Å². The van der Waals surface area contributed by atoms with Gasteiger partial charge in [0.15, 0.2) is 0 Å². The topological polar surface area (TPSA) is 40.5 Å². The smallest absolute Gasteiger partial charge is 0.109 e. The van der Waals surface area contributed by atoms with Crippen molar-refractivity contribution in [3.8, 4) is 0 Å². The van der Waals surface area contributed by atoms with E-state index >= 15 is 0 Å². The second kappa shape index (κ2) is 4.42. The molecule has 2 atom stereocenters. The van der Waals surface area contributed by atoms with Gasteiger partial charge in [0, 0.05) is 0 Å². The lowest BCUT2D eigenvalue weighted by Gasteiger charge is -2.23. The predicted octanol–water partition coefficient (Wildman–Crippen LogP) is 3.72. The van der Waals surface area contributed by atoms with Crippen molar-refractivity contribution >= 4 is 27.6 Å². The highest BCUT2D eigenvalue weighted by atomic mass is 16.3. The molecule has 1 aliphatic rings. The van der Waals surface area contributed by atoms with Gasteiger partial charge in [0.2, 0.25) is 0 Å². The molecule has 0 bridgehead atoms. The summed E-state index contributed by atoms with van der Waals surface area (Å²) in [5.74, 6) is 0. The molecule has 0 spiro atoms. The monoisotopic (exact) mass is 276 g/mol. The zero-order valence-electron chi connectivity index (χ0n) is 11.7. The lowest BCUT2D eigenvalue weighted by atomic mass is 9.86. The van der Waals surface area contributed by atoms with Gasteiger partial charge in [0.1, 0.15) is 12.2 Å². The molecule has 4 rings (SSSR count). The third kappa shape index (κ3) is 1.73. The van der Waals surface area contributed by atoms with Gasteiger partial charge in [-0.2, -0.15) is 0 Å². The third-order valence-electron chi connectivity index (χ3n) is 4.43. The molecule has 0 saturated carbocycles. The number of hydrogen-bond acceptors (Lipinski definition) is 2. The molecule has 104 valence electrons. The SMILES string of the molecule is Cc1cc2c3c(ccc2c2ccccc12)C(O)C(O)C=C3. The first-order valence-electron chi connectivity index (χ1n) is 7.16. The van der Waals surface area contributed by atoms with E-state index in [9.17, 15) is 10.2 Å². The summed E-state index contributed by atoms with van der Waals surface area (Å²) < 4.78 is 0. The Hall–Kier alpha value is -2.16. The van der Waals surface area contributed by atoms with Crippen LogP contribution in [0.1, 0.15) is 22.8 Å². The number of fused-ring (bicyclic) bond motifs is 5. The second-order valence-electron chi connectivity index (χ2n) is 5.70. The Morgan fingerprint density at radius 2 is 1.57 bits per heavy atom. The molecule has 1 aliphatic carbocycles. The summed E-state index contributed by atoms with van der Waals surface area (Å²) in [5, 5.41) is 24.8. The zero-order valence-corrected chi connectivity index (χ0v) is 11.7. The van der Waals surface area contributed by atoms with Crippen molar-refractivity contribution in [1.29, 1.82) is 0 Å². The fourth-order valence-corrected chi connectivity index (χ4v) is 3.33. The van der Waals surface area contributed by atoms with Crippen LogP contribution in [-0.2, 0) is 0 Å². The zero-order chi connectivity index (χ0) is 14.6. The van der Waals surface area contributed by atoms with Crippen LogP contribution in [0.5, 0.6) is 0 Å². The summed E-state index contributed by atoms with van der Waals surface area (Å²) in [6, 6.07) is 14.5. The van der Waals surface area contributed by atoms with E-state index in [-0.39, 0.29) is 0 Å². The number of aryl methyl sites for hydroxylation is 1. The van der Waals surface area contributed by atoms with E-state index in [1.807, 2.05) is 18.2 Å². The highest BCUT2D eigenvalue weighted by Gasteiger charge is 2.23. The number of rotatable bonds is 0. The summed E-state index contributed by atoms with van der Waals surface area (Å²) in [5.41, 5.74) is 3.03. The van der Waals surface area contributed by atoms with E-state index in [4.69, 9.17) is 0 Å². The van der Waals surface area contributed by atoms with Crippen LogP contribution in [0.25, 0.3) is 27.6 Å². The number of aliphatic hydroxyl groups is 2. The Labute approximate surface area is 123 Å². The summed E-state index contributed by atoms with van der Waals surface area (Å²) >= 11 is 0. The number of aliphatic hydroxyl groups excluding tert-OH is 2. The molecule has 0 fully saturated rings. The fraction of sp³-hybridized carbons (Fsp3) is 0.158. The second-order valence-corrected chi connectivity index (χ2v) is 5.70. The Morgan fingerprint density at radius 1 is 0.857 bits per heavy atom. The minimum absolute atomic E-state index is 0.798. The molecule has 0 saturated heterocycles. The minimum Gasteiger partial charge on any atom is -0.386 e. The summed E-state index contributed by atoms with van der Waals surface area (Å²) in [6.45, 7) is 2.11. The van der Waals surface area contributed by atoms with Crippen LogP contribution in [0.3, 0.4) is 0 Å². The van der Waals surface area contributed by atoms with Crippen molar-refractivity contribution in [2.24, 2.45) is 0 Å². The largest absolute Gasteiger partial charge is 0.386 e. The summed E-state index contributed by atoms with van der Waals surface area (Å²) in [4.78, 5) is 0. The molecule has 2 N–H and O–H groups in total. The van der Waals surface area contributed by atoms with Crippen molar-refractivity contribution in [3.05, 3.63) is 65.2 Å². The first-order valence-corrected chi connectivity index (χ1v) is 7.16. The molecule has 21 heavy (non-hydrogen) atoms. The average Bonchev–Trinajstić information content (AvgIpc) is 2.51. The van der Waals surface area contributed by atoms with Gasteiger partial charge < -0.3 is 10.2 Å². The van der Waals surface area contributed by atoms with Crippen LogP contribution in [0.2, 0.25) is 0 Å². The van der Waals surface area contributed by atoms with Gasteiger partial charge in [0.25, 0.3) is 0 Å². The maximum absolute atomic E-state index is 10.2. The minimum atomic E-state index is -0.846. The molecule has 3 aromatic rings. The Bertz CT molecular complexity index is 893. The van der Waals surface area contributed by atoms with E-state index in [1.54, 1.807) is 6.08 Å². The maximum atomic E-state index is 10.2. The standard InChI is InChI=1S/C19H16O2/c1-11-10-17-14(13-5-3-2-4-12(11)13)6-7-16-15(17)8-9-18(20)19(16)21/h2-10,18-21H,1H3. The molecule has 2 heteroatoms. The van der Waals surface area contributed by atoms with Crippen LogP contribution >= 0.6 is 0 Å². The molecular weight excluding hydrogens is 260 g/mol. The van der Waals surface area contributed by atoms with Gasteiger partial charge in [-0.1, -0.05) is 54.6 Å². The quantitative estimate of drug-likeness (QED) is 0.614. The van der Waals surface area contributed by atoms with E-state index in [2.05, 4.69) is 37.3 Å². The molecule has 3 aromatic carbocycles. The van der Waals surface area contributed by atoms with E-state index < -0.39 is 12.2 Å². The van der Waals surface area contributed by atoms with Crippen LogP contribution in [0.4, 0.5) is 0 Å². The normalized spacial score (nSPS) is 20.9. The molecule has 0 aliphatic heterocycles. The van der Waals surface area contributed by atoms with E-state index in [0.717, 1.165) is 16.5 Å². The Balaban J connectivity index is 2.16. The Kier molecular flexibility index (Phi) is 2.64. The number of hydrogen-bond donors (Lipinski definition) is 2. The lowest BCUT2D eigenvalue weighted by molar-refractivity contribution is 0.0471. The summed E-state index contributed by atoms with van der Waals surface area (Å²) in [7, 11) is 0. The maximum Gasteiger partial charge on any atom is 0.109 e. The first kappa shape index (κ1) is 12.6. The fourth-order valence-electron chi connectivity index (χ4n) is 3.33. The van der Waals surface area contributed by atoms with Crippen molar-refractivity contribution < 1.29 is 10.2 Å². The summed E-state index contributed by atoms with van der Waals surface area (Å²) in [6.07, 6.45) is 1.91. The molecule has 0 aromatic heterocycles. The van der Waals surface area contributed by atoms with Crippen LogP contribution in [0, 0.1) is 6.92 Å². The van der Waals surface area contributed by atoms with Gasteiger partial charge in [-0.05, 0) is 45.2 Å². The Morgan fingerprint density at radius 3 is 2.38 bits per heavy atom. The van der Waals surface area contributed by atoms with Crippen LogP contribution in [-0.4, -0.2) is 16.3 Å². The molecule has 0 heterocycles. The van der Waals surface area contributed by atoms with Crippen molar-refractivity contribution in [2.75, 3.05) is 0 Å². The van der Waals surface area contributed by atoms with E-state index in [0.29, 0.717) is 0 Å². The van der Waals surface area contributed by atoms with Crippen molar-refractivity contribution in [3.63, 3.8) is 0 Å². The molecule has 2 unspecified atom stereocenters. The van der Waals surface area contributed by atoms with Gasteiger partial charge in [-0.3, -0.25) is 0 Å². The van der Waals surface area contributed by atoms with Crippen LogP contribution in [0.15, 0.2) is 48.5 Å². The predicted molar refractivity (Wildman–Crippen MR) is 86.2 cm³/mol. The highest BCUT2D eigenvalue weighted by molar-refractivity contribution is 6.11. The third-order valence-corrected chi connectivity index (χ3v) is 4.43. The van der Waals surface area contributed by atoms with Gasteiger partial charge in [0.05, 0.1) is 0 Å². The van der Waals surface area contributed by atoms with Crippen molar-refractivity contribution in [2.45, 2.75) is 19.1 Å². The first-order chi connectivity index (χ1) is 10.2. The highest BCUT2D eigenvalue weighted by Crippen LogP contribution is 2.37. The molecule has 2 nitrogen and oxygen atoms in total. The molecule has 0 amide bonds. The van der Waals surface area contributed by atoms with Crippen LogP contribution < -0.4 is 0 Å². The lowest BCUT2D eigenvalue weighted by Crippen LogP contribution is -2.19. The molecule has 0 radical (unpaired) electrons. The van der Waals surface area contributed by atoms with Gasteiger partial charge in [-0.15, -0.1) is 0 Å². The van der Waals surface area contributed by atoms with E-state index in [1.165, 1.54) is 21.7 Å². The number of benzene rings is 3. The van der Waals surface area contributed by atoms with Gasteiger partial charge in [-0.25, -0.2) is 0 Å². The van der Waals surface area contributed by atoms with Crippen molar-refractivity contribution in [1.82, 2.24) is 0 Å². The average molecular weight is 276 g/mol.